The summed E-state index contributed by atoms with van der Waals surface area (Å²) in [6, 6.07) is 14.9. The molecule has 0 bridgehead atoms. The molecular weight excluding hydrogens is 403 g/mol. The van der Waals surface area contributed by atoms with Crippen LogP contribution in [-0.4, -0.2) is 18.5 Å². The average molecular weight is 419 g/mol. The van der Waals surface area contributed by atoms with Gasteiger partial charge in [0, 0.05) is 5.56 Å². The first kappa shape index (κ1) is 21.0. The van der Waals surface area contributed by atoms with Crippen LogP contribution in [0.2, 0.25) is 0 Å². The molecule has 3 aromatic rings. The van der Waals surface area contributed by atoms with E-state index in [1.165, 1.54) is 24.5 Å². The summed E-state index contributed by atoms with van der Waals surface area (Å²) in [6.07, 6.45) is -3.37. The molecule has 0 aliphatic rings. The Hall–Kier alpha value is -3.75. The number of furan rings is 1. The van der Waals surface area contributed by atoms with Gasteiger partial charge in [-0.05, 0) is 30.3 Å². The molecule has 0 saturated carbocycles. The number of hydrogen-bond donors (Lipinski definition) is 1. The number of carbonyl (C=O) groups excluding carboxylic acids is 2. The number of alkyl halides is 3. The number of carbonyl (C=O) groups is 2. The molecule has 9 heteroatoms. The molecule has 1 aromatic heterocycles. The van der Waals surface area contributed by atoms with Gasteiger partial charge in [0.25, 0.3) is 5.91 Å². The summed E-state index contributed by atoms with van der Waals surface area (Å²) in [5.74, 6) is -1.44. The molecule has 0 atom stereocenters. The first-order chi connectivity index (χ1) is 14.3. The van der Waals surface area contributed by atoms with E-state index in [4.69, 9.17) is 13.9 Å². The van der Waals surface area contributed by atoms with Crippen LogP contribution in [0.15, 0.2) is 71.3 Å². The Morgan fingerprint density at radius 2 is 1.67 bits per heavy atom. The number of rotatable bonds is 7. The summed E-state index contributed by atoms with van der Waals surface area (Å²) in [4.78, 5) is 24.1. The molecule has 0 unspecified atom stereocenters. The lowest BCUT2D eigenvalue weighted by Gasteiger charge is -2.13. The fraction of sp³-hybridized carbons (Fsp3) is 0.143. The summed E-state index contributed by atoms with van der Waals surface area (Å²) in [7, 11) is 0. The molecule has 0 fully saturated rings. The number of nitrogens with one attached hydrogen (secondary N) is 1. The number of hydrogen-bond acceptors (Lipinski definition) is 5. The number of amides is 1. The van der Waals surface area contributed by atoms with Crippen LogP contribution in [0, 0.1) is 0 Å². The Balaban J connectivity index is 1.57. The van der Waals surface area contributed by atoms with Crippen LogP contribution in [0.5, 0.6) is 5.75 Å². The maximum Gasteiger partial charge on any atom is 0.418 e. The van der Waals surface area contributed by atoms with E-state index in [-0.39, 0.29) is 12.4 Å². The van der Waals surface area contributed by atoms with Gasteiger partial charge in [0.15, 0.2) is 6.61 Å². The summed E-state index contributed by atoms with van der Waals surface area (Å²) >= 11 is 0. The summed E-state index contributed by atoms with van der Waals surface area (Å²) in [6.45, 7) is -0.763. The van der Waals surface area contributed by atoms with Gasteiger partial charge >= 0.3 is 12.1 Å². The van der Waals surface area contributed by atoms with Crippen LogP contribution < -0.4 is 10.1 Å². The predicted molar refractivity (Wildman–Crippen MR) is 99.8 cm³/mol. The predicted octanol–water partition coefficient (Wildman–Crippen LogP) is 4.67. The molecule has 2 aromatic carbocycles. The van der Waals surface area contributed by atoms with Gasteiger partial charge in [-0.15, -0.1) is 0 Å². The van der Waals surface area contributed by atoms with Gasteiger partial charge in [0.2, 0.25) is 5.76 Å². The van der Waals surface area contributed by atoms with Crippen molar-refractivity contribution < 1.29 is 36.7 Å². The quantitative estimate of drug-likeness (QED) is 0.563. The zero-order valence-electron chi connectivity index (χ0n) is 15.4. The topological polar surface area (TPSA) is 77.8 Å². The molecule has 0 saturated heterocycles. The minimum Gasteiger partial charge on any atom is -0.489 e. The maximum atomic E-state index is 13.0. The highest BCUT2D eigenvalue weighted by Gasteiger charge is 2.33. The Morgan fingerprint density at radius 1 is 0.967 bits per heavy atom. The van der Waals surface area contributed by atoms with Gasteiger partial charge in [-0.3, -0.25) is 4.79 Å². The van der Waals surface area contributed by atoms with Gasteiger partial charge in [0.05, 0.1) is 17.5 Å². The largest absolute Gasteiger partial charge is 0.489 e. The molecule has 30 heavy (non-hydrogen) atoms. The normalized spacial score (nSPS) is 11.0. The van der Waals surface area contributed by atoms with E-state index >= 15 is 0 Å². The highest BCUT2D eigenvalue weighted by molar-refractivity contribution is 5.95. The van der Waals surface area contributed by atoms with Gasteiger partial charge in [-0.25, -0.2) is 4.79 Å². The Kier molecular flexibility index (Phi) is 6.41. The van der Waals surface area contributed by atoms with E-state index in [1.54, 1.807) is 24.3 Å². The molecule has 0 spiro atoms. The van der Waals surface area contributed by atoms with E-state index in [0.717, 1.165) is 12.1 Å². The maximum absolute atomic E-state index is 13.0. The average Bonchev–Trinajstić information content (AvgIpc) is 3.19. The van der Waals surface area contributed by atoms with Crippen molar-refractivity contribution in [2.75, 3.05) is 11.9 Å². The number of halogens is 3. The van der Waals surface area contributed by atoms with Crippen LogP contribution in [0.1, 0.15) is 21.7 Å². The molecule has 0 aliphatic carbocycles. The molecule has 6 nitrogen and oxygen atoms in total. The lowest BCUT2D eigenvalue weighted by atomic mass is 10.1. The van der Waals surface area contributed by atoms with Crippen molar-refractivity contribution in [1.82, 2.24) is 0 Å². The molecule has 1 amide bonds. The summed E-state index contributed by atoms with van der Waals surface area (Å²) in [5, 5.41) is 2.09. The molecule has 156 valence electrons. The van der Waals surface area contributed by atoms with Crippen LogP contribution in [0.4, 0.5) is 18.9 Å². The highest BCUT2D eigenvalue weighted by Crippen LogP contribution is 2.34. The van der Waals surface area contributed by atoms with E-state index in [0.29, 0.717) is 11.3 Å². The van der Waals surface area contributed by atoms with E-state index in [2.05, 4.69) is 5.32 Å². The van der Waals surface area contributed by atoms with Crippen molar-refractivity contribution in [2.24, 2.45) is 0 Å². The molecule has 1 N–H and O–H groups in total. The Labute approximate surface area is 169 Å². The monoisotopic (exact) mass is 419 g/mol. The lowest BCUT2D eigenvalue weighted by molar-refractivity contribution is -0.137. The molecule has 0 aliphatic heterocycles. The van der Waals surface area contributed by atoms with Crippen LogP contribution in [0.25, 0.3) is 0 Å². The van der Waals surface area contributed by atoms with Crippen LogP contribution in [-0.2, 0) is 22.3 Å². The Bertz CT molecular complexity index is 1010. The van der Waals surface area contributed by atoms with Gasteiger partial charge in [-0.1, -0.05) is 30.3 Å². The molecule has 0 radical (unpaired) electrons. The first-order valence-corrected chi connectivity index (χ1v) is 8.72. The fourth-order valence-electron chi connectivity index (χ4n) is 2.53. The van der Waals surface area contributed by atoms with E-state index in [1.807, 2.05) is 6.07 Å². The van der Waals surface area contributed by atoms with Crippen molar-refractivity contribution >= 4 is 17.6 Å². The lowest BCUT2D eigenvalue weighted by Crippen LogP contribution is -2.23. The minimum absolute atomic E-state index is 0.0239. The molecular formula is C21H16F3NO5. The van der Waals surface area contributed by atoms with Crippen LogP contribution in [0.3, 0.4) is 0 Å². The third-order valence-corrected chi connectivity index (χ3v) is 3.91. The van der Waals surface area contributed by atoms with Gasteiger partial charge < -0.3 is 19.2 Å². The van der Waals surface area contributed by atoms with Crippen molar-refractivity contribution in [1.29, 1.82) is 0 Å². The highest BCUT2D eigenvalue weighted by atomic mass is 19.4. The second-order valence-electron chi connectivity index (χ2n) is 6.04. The van der Waals surface area contributed by atoms with Gasteiger partial charge in [-0.2, -0.15) is 13.2 Å². The zero-order chi connectivity index (χ0) is 21.6. The number of ether oxygens (including phenoxy) is 2. The van der Waals surface area contributed by atoms with Crippen molar-refractivity contribution in [2.45, 2.75) is 12.8 Å². The first-order valence-electron chi connectivity index (χ1n) is 8.72. The number of para-hydroxylation sites is 2. The van der Waals surface area contributed by atoms with E-state index < -0.39 is 35.9 Å². The zero-order valence-corrected chi connectivity index (χ0v) is 15.4. The van der Waals surface area contributed by atoms with Crippen LogP contribution >= 0.6 is 0 Å². The van der Waals surface area contributed by atoms with Crippen molar-refractivity contribution in [3.63, 3.8) is 0 Å². The Morgan fingerprint density at radius 3 is 2.40 bits per heavy atom. The number of anilines is 1. The second kappa shape index (κ2) is 9.17. The molecule has 1 heterocycles. The number of benzene rings is 2. The smallest absolute Gasteiger partial charge is 0.418 e. The third kappa shape index (κ3) is 5.40. The fourth-order valence-corrected chi connectivity index (χ4v) is 2.53. The standard InChI is InChI=1S/C21H16F3NO5/c22-21(23,24)16-8-4-5-9-17(16)25-18(26)13-30-20(27)19-14(10-11-28-19)12-29-15-6-2-1-3-7-15/h1-11H,12-13H2,(H,25,26). The third-order valence-electron chi connectivity index (χ3n) is 3.91. The second-order valence-corrected chi connectivity index (χ2v) is 6.04. The SMILES string of the molecule is O=C(COC(=O)c1occc1COc1ccccc1)Nc1ccccc1C(F)(F)F. The van der Waals surface area contributed by atoms with E-state index in [9.17, 15) is 22.8 Å². The van der Waals surface area contributed by atoms with Crippen molar-refractivity contribution in [3.8, 4) is 5.75 Å². The minimum atomic E-state index is -4.64. The molecule has 3 rings (SSSR count). The van der Waals surface area contributed by atoms with Gasteiger partial charge in [0.1, 0.15) is 12.4 Å². The summed E-state index contributed by atoms with van der Waals surface area (Å²) < 4.78 is 54.4. The summed E-state index contributed by atoms with van der Waals surface area (Å²) in [5.41, 5.74) is -1.04. The van der Waals surface area contributed by atoms with Crippen molar-refractivity contribution in [3.05, 3.63) is 83.8 Å². The number of esters is 1.